The molecule has 1 amide bonds. The summed E-state index contributed by atoms with van der Waals surface area (Å²) >= 11 is 6.03. The van der Waals surface area contributed by atoms with Crippen LogP contribution in [-0.4, -0.2) is 60.8 Å². The first kappa shape index (κ1) is 21.1. The highest BCUT2D eigenvalue weighted by molar-refractivity contribution is 6.31. The summed E-state index contributed by atoms with van der Waals surface area (Å²) in [6.07, 6.45) is 2.03. The molecule has 2 aromatic rings. The van der Waals surface area contributed by atoms with E-state index in [0.29, 0.717) is 48.2 Å². The van der Waals surface area contributed by atoms with E-state index in [4.69, 9.17) is 21.1 Å². The van der Waals surface area contributed by atoms with Crippen LogP contribution in [0.15, 0.2) is 24.4 Å². The van der Waals surface area contributed by atoms with E-state index in [1.54, 1.807) is 38.4 Å². The number of hydrogen-bond donors (Lipinski definition) is 2. The zero-order valence-electron chi connectivity index (χ0n) is 16.7. The smallest absolute Gasteiger partial charge is 0.338 e. The van der Waals surface area contributed by atoms with Crippen molar-refractivity contribution in [1.82, 2.24) is 15.3 Å². The summed E-state index contributed by atoms with van der Waals surface area (Å²) in [5.41, 5.74) is 1.64. The fourth-order valence-corrected chi connectivity index (χ4v) is 3.52. The molecule has 0 aliphatic carbocycles. The molecule has 2 N–H and O–H groups in total. The lowest BCUT2D eigenvalue weighted by atomic mass is 10.0. The van der Waals surface area contributed by atoms with Gasteiger partial charge in [0.25, 0.3) is 5.91 Å². The summed E-state index contributed by atoms with van der Waals surface area (Å²) in [6, 6.07) is 4.81. The third-order valence-electron chi connectivity index (χ3n) is 4.96. The van der Waals surface area contributed by atoms with Gasteiger partial charge in [0, 0.05) is 32.1 Å². The van der Waals surface area contributed by atoms with Crippen molar-refractivity contribution in [2.75, 3.05) is 31.7 Å². The standard InChI is InChI=1S/C20H25ClN4O4/c1-4-29-20(27)13-5-7-22-18(9-13)25-8-6-15(17(11-25)28-3)24-19(26)16-10-14(21)12(2)23-16/h5,7,9-10,15,17,23H,4,6,8,11H2,1-3H3,(H,24,26)/t15-,17+/m1/s1. The Morgan fingerprint density at radius 1 is 1.41 bits per heavy atom. The SMILES string of the molecule is CCOC(=O)c1ccnc(N2CC[C@@H](NC(=O)c3cc(Cl)c(C)[nH]3)[C@@H](OC)C2)c1. The number of aromatic nitrogens is 2. The molecule has 1 aliphatic rings. The molecule has 156 valence electrons. The number of halogens is 1. The number of ether oxygens (including phenoxy) is 2. The van der Waals surface area contributed by atoms with Crippen molar-refractivity contribution in [3.63, 3.8) is 0 Å². The van der Waals surface area contributed by atoms with Crippen molar-refractivity contribution in [1.29, 1.82) is 0 Å². The predicted octanol–water partition coefficient (Wildman–Crippen LogP) is 2.57. The van der Waals surface area contributed by atoms with Crippen molar-refractivity contribution >= 4 is 29.3 Å². The van der Waals surface area contributed by atoms with Gasteiger partial charge in [-0.15, -0.1) is 0 Å². The predicted molar refractivity (Wildman–Crippen MR) is 110 cm³/mol. The van der Waals surface area contributed by atoms with Gasteiger partial charge in [-0.3, -0.25) is 4.79 Å². The minimum atomic E-state index is -0.374. The molecular weight excluding hydrogens is 396 g/mol. The molecule has 0 radical (unpaired) electrons. The number of H-pyrrole nitrogens is 1. The average molecular weight is 421 g/mol. The molecule has 1 fully saturated rings. The minimum absolute atomic E-state index is 0.153. The van der Waals surface area contributed by atoms with Crippen LogP contribution in [0, 0.1) is 6.92 Å². The van der Waals surface area contributed by atoms with E-state index in [1.165, 1.54) is 0 Å². The van der Waals surface area contributed by atoms with Crippen LogP contribution in [0.2, 0.25) is 5.02 Å². The minimum Gasteiger partial charge on any atom is -0.462 e. The van der Waals surface area contributed by atoms with E-state index in [9.17, 15) is 9.59 Å². The first-order valence-corrected chi connectivity index (χ1v) is 9.87. The number of carbonyl (C=O) groups is 2. The molecule has 0 aromatic carbocycles. The maximum absolute atomic E-state index is 12.5. The number of esters is 1. The number of rotatable bonds is 6. The molecular formula is C20H25ClN4O4. The lowest BCUT2D eigenvalue weighted by Gasteiger charge is -2.38. The van der Waals surface area contributed by atoms with Crippen LogP contribution >= 0.6 is 11.6 Å². The van der Waals surface area contributed by atoms with Gasteiger partial charge in [-0.05, 0) is 38.5 Å². The van der Waals surface area contributed by atoms with E-state index in [-0.39, 0.29) is 24.0 Å². The summed E-state index contributed by atoms with van der Waals surface area (Å²) in [7, 11) is 1.62. The quantitative estimate of drug-likeness (QED) is 0.697. The van der Waals surface area contributed by atoms with Crippen LogP contribution in [0.4, 0.5) is 5.82 Å². The number of aryl methyl sites for hydroxylation is 1. The second-order valence-corrected chi connectivity index (χ2v) is 7.28. The molecule has 3 heterocycles. The molecule has 29 heavy (non-hydrogen) atoms. The van der Waals surface area contributed by atoms with Gasteiger partial charge in [-0.2, -0.15) is 0 Å². The number of methoxy groups -OCH3 is 1. The van der Waals surface area contributed by atoms with Crippen LogP contribution in [-0.2, 0) is 9.47 Å². The second kappa shape index (κ2) is 9.28. The van der Waals surface area contributed by atoms with Gasteiger partial charge in [-0.25, -0.2) is 9.78 Å². The number of amides is 1. The fourth-order valence-electron chi connectivity index (χ4n) is 3.36. The fraction of sp³-hybridized carbons (Fsp3) is 0.450. The highest BCUT2D eigenvalue weighted by Crippen LogP contribution is 2.22. The first-order valence-electron chi connectivity index (χ1n) is 9.49. The number of nitrogens with one attached hydrogen (secondary N) is 2. The second-order valence-electron chi connectivity index (χ2n) is 6.87. The lowest BCUT2D eigenvalue weighted by Crippen LogP contribution is -2.55. The van der Waals surface area contributed by atoms with Crippen LogP contribution in [0.1, 0.15) is 39.9 Å². The molecule has 0 spiro atoms. The number of pyridine rings is 1. The van der Waals surface area contributed by atoms with E-state index in [0.717, 1.165) is 5.69 Å². The van der Waals surface area contributed by atoms with Crippen molar-refractivity contribution in [2.24, 2.45) is 0 Å². The van der Waals surface area contributed by atoms with Gasteiger partial charge in [0.05, 0.1) is 29.3 Å². The molecule has 9 heteroatoms. The molecule has 2 aromatic heterocycles. The molecule has 0 bridgehead atoms. The van der Waals surface area contributed by atoms with Crippen molar-refractivity contribution in [3.8, 4) is 0 Å². The Bertz CT molecular complexity index is 866. The summed E-state index contributed by atoms with van der Waals surface area (Å²) in [6.45, 7) is 5.09. The van der Waals surface area contributed by atoms with E-state index in [1.807, 2.05) is 11.8 Å². The van der Waals surface area contributed by atoms with Gasteiger partial charge in [0.2, 0.25) is 0 Å². The number of piperidine rings is 1. The molecule has 1 saturated heterocycles. The Balaban J connectivity index is 1.67. The molecule has 0 unspecified atom stereocenters. The van der Waals surface area contributed by atoms with E-state index in [2.05, 4.69) is 15.3 Å². The maximum atomic E-state index is 12.5. The van der Waals surface area contributed by atoms with Gasteiger partial charge in [0.1, 0.15) is 11.5 Å². The summed E-state index contributed by atoms with van der Waals surface area (Å²) in [4.78, 5) is 33.9. The Hall–Kier alpha value is -2.58. The number of aromatic amines is 1. The number of carbonyl (C=O) groups excluding carboxylic acids is 2. The van der Waals surface area contributed by atoms with Crippen molar-refractivity contribution < 1.29 is 19.1 Å². The Labute approximate surface area is 174 Å². The number of hydrogen-bond acceptors (Lipinski definition) is 6. The normalized spacial score (nSPS) is 19.1. The molecule has 0 saturated carbocycles. The van der Waals surface area contributed by atoms with Crippen LogP contribution in [0.5, 0.6) is 0 Å². The van der Waals surface area contributed by atoms with Gasteiger partial charge < -0.3 is 24.7 Å². The number of nitrogens with zero attached hydrogens (tertiary/aromatic N) is 2. The molecule has 3 rings (SSSR count). The van der Waals surface area contributed by atoms with Gasteiger partial charge in [-0.1, -0.05) is 11.6 Å². The molecule has 2 atom stereocenters. The number of anilines is 1. The zero-order valence-corrected chi connectivity index (χ0v) is 17.5. The van der Waals surface area contributed by atoms with Crippen molar-refractivity contribution in [3.05, 3.63) is 46.4 Å². The molecule has 1 aliphatic heterocycles. The highest BCUT2D eigenvalue weighted by atomic mass is 35.5. The maximum Gasteiger partial charge on any atom is 0.338 e. The summed E-state index contributed by atoms with van der Waals surface area (Å²) in [5.74, 6) is 0.0820. The third-order valence-corrected chi connectivity index (χ3v) is 5.35. The first-order chi connectivity index (χ1) is 13.9. The van der Waals surface area contributed by atoms with E-state index < -0.39 is 0 Å². The topological polar surface area (TPSA) is 96.5 Å². The zero-order chi connectivity index (χ0) is 21.0. The monoisotopic (exact) mass is 420 g/mol. The summed E-state index contributed by atoms with van der Waals surface area (Å²) < 4.78 is 10.7. The summed E-state index contributed by atoms with van der Waals surface area (Å²) in [5, 5.41) is 3.55. The lowest BCUT2D eigenvalue weighted by molar-refractivity contribution is 0.0522. The van der Waals surface area contributed by atoms with Gasteiger partial charge in [0.15, 0.2) is 0 Å². The van der Waals surface area contributed by atoms with Crippen molar-refractivity contribution in [2.45, 2.75) is 32.4 Å². The third kappa shape index (κ3) is 4.89. The average Bonchev–Trinajstić information content (AvgIpc) is 3.07. The van der Waals surface area contributed by atoms with Crippen LogP contribution in [0.3, 0.4) is 0 Å². The van der Waals surface area contributed by atoms with E-state index >= 15 is 0 Å². The Morgan fingerprint density at radius 2 is 2.21 bits per heavy atom. The van der Waals surface area contributed by atoms with Crippen LogP contribution in [0.25, 0.3) is 0 Å². The Kier molecular flexibility index (Phi) is 6.76. The van der Waals surface area contributed by atoms with Crippen LogP contribution < -0.4 is 10.2 Å². The molecule has 8 nitrogen and oxygen atoms in total. The highest BCUT2D eigenvalue weighted by Gasteiger charge is 2.32. The Morgan fingerprint density at radius 3 is 2.86 bits per heavy atom. The largest absolute Gasteiger partial charge is 0.462 e. The van der Waals surface area contributed by atoms with Gasteiger partial charge >= 0.3 is 5.97 Å².